The lowest BCUT2D eigenvalue weighted by molar-refractivity contribution is -0.0503. The number of aliphatic hydroxyl groups excluding tert-OH is 1. The number of carbonyl (C=O) groups is 1. The first kappa shape index (κ1) is 26.3. The minimum atomic E-state index is -2.88. The number of piperazine rings is 1. The van der Waals surface area contributed by atoms with Gasteiger partial charge < -0.3 is 14.7 Å². The number of aromatic nitrogens is 3. The maximum atomic E-state index is 13.0. The van der Waals surface area contributed by atoms with Crippen LogP contribution in [0.4, 0.5) is 8.78 Å². The Kier molecular flexibility index (Phi) is 9.11. The molecule has 3 heterocycles. The molecule has 0 radical (unpaired) electrons. The van der Waals surface area contributed by atoms with Crippen LogP contribution in [0.1, 0.15) is 41.0 Å². The molecule has 1 aliphatic rings. The van der Waals surface area contributed by atoms with Gasteiger partial charge in [-0.2, -0.15) is 8.78 Å². The van der Waals surface area contributed by atoms with Gasteiger partial charge in [0.15, 0.2) is 5.75 Å². The van der Waals surface area contributed by atoms with Gasteiger partial charge in [0.1, 0.15) is 5.82 Å². The summed E-state index contributed by atoms with van der Waals surface area (Å²) in [4.78, 5) is 30.0. The minimum absolute atomic E-state index is 0.0388. The molecule has 1 N–H and O–H groups in total. The van der Waals surface area contributed by atoms with E-state index in [9.17, 15) is 13.6 Å². The molecule has 1 atom stereocenters. The van der Waals surface area contributed by atoms with Crippen LogP contribution in [-0.2, 0) is 12.8 Å². The van der Waals surface area contributed by atoms with Crippen molar-refractivity contribution in [1.82, 2.24) is 24.8 Å². The minimum Gasteiger partial charge on any atom is -0.432 e. The largest absolute Gasteiger partial charge is 0.432 e. The summed E-state index contributed by atoms with van der Waals surface area (Å²) in [5, 5.41) is 10.1. The number of halogens is 2. The smallest absolute Gasteiger partial charge is 0.387 e. The fourth-order valence-corrected chi connectivity index (χ4v) is 5.26. The number of β-amino-alcohol motifs (C(OH)–C–C–N with tert-alkyl or cyclic N) is 1. The quantitative estimate of drug-likeness (QED) is 0.414. The molecule has 1 saturated heterocycles. The van der Waals surface area contributed by atoms with Gasteiger partial charge in [-0.15, -0.1) is 11.3 Å². The van der Waals surface area contributed by atoms with Crippen LogP contribution in [0.3, 0.4) is 0 Å². The summed E-state index contributed by atoms with van der Waals surface area (Å²) in [7, 11) is 0. The van der Waals surface area contributed by atoms with Gasteiger partial charge in [0.05, 0.1) is 34.2 Å². The summed E-state index contributed by atoms with van der Waals surface area (Å²) in [5.41, 5.74) is 1.60. The second kappa shape index (κ2) is 12.5. The normalized spacial score (nSPS) is 15.5. The van der Waals surface area contributed by atoms with E-state index in [0.717, 1.165) is 47.6 Å². The Balaban J connectivity index is 1.26. The molecule has 0 aliphatic carbocycles. The number of ether oxygens (including phenoxy) is 1. The number of amides is 1. The predicted octanol–water partition coefficient (Wildman–Crippen LogP) is 3.64. The van der Waals surface area contributed by atoms with Gasteiger partial charge >= 0.3 is 6.61 Å². The molecule has 0 saturated carbocycles. The Labute approximate surface area is 212 Å². The number of aliphatic hydroxyl groups is 1. The second-order valence-corrected chi connectivity index (χ2v) is 10.2. The van der Waals surface area contributed by atoms with Gasteiger partial charge in [0.25, 0.3) is 5.91 Å². The van der Waals surface area contributed by atoms with Crippen molar-refractivity contribution in [2.75, 3.05) is 39.3 Å². The number of rotatable bonds is 11. The lowest BCUT2D eigenvalue weighted by atomic mass is 10.00. The molecule has 1 amide bonds. The van der Waals surface area contributed by atoms with E-state index in [4.69, 9.17) is 10.1 Å². The van der Waals surface area contributed by atoms with Crippen LogP contribution in [0.2, 0.25) is 0 Å². The maximum Gasteiger partial charge on any atom is 0.387 e. The Morgan fingerprint density at radius 1 is 1.14 bits per heavy atom. The summed E-state index contributed by atoms with van der Waals surface area (Å²) in [6, 6.07) is 5.72. The summed E-state index contributed by atoms with van der Waals surface area (Å²) < 4.78 is 29.7. The second-order valence-electron chi connectivity index (χ2n) is 9.04. The summed E-state index contributed by atoms with van der Waals surface area (Å²) >= 11 is 1.63. The number of aryl methyl sites for hydroxylation is 2. The van der Waals surface area contributed by atoms with Crippen LogP contribution in [0.5, 0.6) is 5.75 Å². The third-order valence-electron chi connectivity index (χ3n) is 6.37. The molecular weight excluding hydrogens is 488 g/mol. The number of alkyl halides is 2. The van der Waals surface area contributed by atoms with Crippen LogP contribution in [-0.4, -0.2) is 81.7 Å². The van der Waals surface area contributed by atoms with Crippen LogP contribution in [0.15, 0.2) is 30.6 Å². The van der Waals surface area contributed by atoms with E-state index in [1.54, 1.807) is 11.3 Å². The van der Waals surface area contributed by atoms with E-state index in [0.29, 0.717) is 43.4 Å². The lowest BCUT2D eigenvalue weighted by Crippen LogP contribution is -2.49. The Morgan fingerprint density at radius 2 is 1.86 bits per heavy atom. The van der Waals surface area contributed by atoms with E-state index >= 15 is 0 Å². The van der Waals surface area contributed by atoms with E-state index < -0.39 is 6.61 Å². The Morgan fingerprint density at radius 3 is 2.56 bits per heavy atom. The van der Waals surface area contributed by atoms with E-state index in [-0.39, 0.29) is 18.3 Å². The molecular formula is C25H31F2N5O3S. The first-order chi connectivity index (χ1) is 17.4. The molecule has 2 aromatic heterocycles. The number of fused-ring (bicyclic) bond motifs is 1. The molecule has 36 heavy (non-hydrogen) atoms. The van der Waals surface area contributed by atoms with E-state index in [1.165, 1.54) is 12.4 Å². The molecule has 0 bridgehead atoms. The van der Waals surface area contributed by atoms with Gasteiger partial charge in [-0.05, 0) is 43.4 Å². The molecule has 8 nitrogen and oxygen atoms in total. The Hall–Kier alpha value is -2.76. The molecule has 4 rings (SSSR count). The van der Waals surface area contributed by atoms with Crippen molar-refractivity contribution < 1.29 is 23.4 Å². The SMILES string of the molecule is CC(CCc1ncc(OC(F)F)cn1)CCc1nc2ccc(C(=O)N3CCN(CCO)CC3)cc2s1. The first-order valence-corrected chi connectivity index (χ1v) is 13.0. The zero-order valence-electron chi connectivity index (χ0n) is 20.3. The fourth-order valence-electron chi connectivity index (χ4n) is 4.24. The summed E-state index contributed by atoms with van der Waals surface area (Å²) in [6.45, 7) is 2.97. The van der Waals surface area contributed by atoms with Gasteiger partial charge in [-0.1, -0.05) is 6.92 Å². The number of benzene rings is 1. The van der Waals surface area contributed by atoms with Crippen molar-refractivity contribution in [3.63, 3.8) is 0 Å². The number of thiazole rings is 1. The van der Waals surface area contributed by atoms with Crippen molar-refractivity contribution in [2.24, 2.45) is 5.92 Å². The predicted molar refractivity (Wildman–Crippen MR) is 134 cm³/mol. The van der Waals surface area contributed by atoms with Crippen LogP contribution in [0, 0.1) is 5.92 Å². The third kappa shape index (κ3) is 7.14. The molecule has 0 spiro atoms. The molecule has 1 aliphatic heterocycles. The maximum absolute atomic E-state index is 13.0. The highest BCUT2D eigenvalue weighted by atomic mass is 32.1. The van der Waals surface area contributed by atoms with Crippen LogP contribution >= 0.6 is 11.3 Å². The van der Waals surface area contributed by atoms with Crippen LogP contribution < -0.4 is 4.74 Å². The van der Waals surface area contributed by atoms with Crippen molar-refractivity contribution in [3.05, 3.63) is 47.0 Å². The number of carbonyl (C=O) groups excluding carboxylic acids is 1. The van der Waals surface area contributed by atoms with Crippen molar-refractivity contribution >= 4 is 27.5 Å². The van der Waals surface area contributed by atoms with Crippen molar-refractivity contribution in [3.8, 4) is 5.75 Å². The molecule has 1 aromatic carbocycles. The average Bonchev–Trinajstić information content (AvgIpc) is 3.29. The topological polar surface area (TPSA) is 91.7 Å². The third-order valence-corrected chi connectivity index (χ3v) is 7.45. The average molecular weight is 520 g/mol. The van der Waals surface area contributed by atoms with E-state index in [1.807, 2.05) is 23.1 Å². The lowest BCUT2D eigenvalue weighted by Gasteiger charge is -2.34. The fraction of sp³-hybridized carbons (Fsp3) is 0.520. The van der Waals surface area contributed by atoms with Gasteiger partial charge in [0.2, 0.25) is 0 Å². The van der Waals surface area contributed by atoms with Crippen molar-refractivity contribution in [1.29, 1.82) is 0 Å². The van der Waals surface area contributed by atoms with Crippen molar-refractivity contribution in [2.45, 2.75) is 39.2 Å². The monoisotopic (exact) mass is 519 g/mol. The highest BCUT2D eigenvalue weighted by molar-refractivity contribution is 7.18. The molecule has 11 heteroatoms. The van der Waals surface area contributed by atoms with Crippen LogP contribution in [0.25, 0.3) is 10.2 Å². The number of nitrogens with zero attached hydrogens (tertiary/aromatic N) is 5. The molecule has 3 aromatic rings. The molecule has 1 unspecified atom stereocenters. The van der Waals surface area contributed by atoms with E-state index in [2.05, 4.69) is 26.5 Å². The standard InChI is InChI=1S/C25H31F2N5O3S/c1-17(2-6-22-28-15-19(16-29-22)35-25(26)27)3-7-23-30-20-5-4-18(14-21(20)36-23)24(34)32-10-8-31(9-11-32)12-13-33/h4-5,14-17,25,33H,2-3,6-13H2,1H3. The van der Waals surface area contributed by atoms with Gasteiger partial charge in [0, 0.05) is 44.7 Å². The highest BCUT2D eigenvalue weighted by Gasteiger charge is 2.22. The molecule has 1 fully saturated rings. The zero-order valence-corrected chi connectivity index (χ0v) is 21.1. The summed E-state index contributed by atoms with van der Waals surface area (Å²) in [5.74, 6) is 1.03. The summed E-state index contributed by atoms with van der Waals surface area (Å²) in [6.07, 6.45) is 5.89. The first-order valence-electron chi connectivity index (χ1n) is 12.2. The number of hydrogen-bond acceptors (Lipinski definition) is 8. The zero-order chi connectivity index (χ0) is 25.5. The highest BCUT2D eigenvalue weighted by Crippen LogP contribution is 2.26. The Bertz CT molecular complexity index is 1140. The van der Waals surface area contributed by atoms with Gasteiger partial charge in [-0.25, -0.2) is 15.0 Å². The molecule has 194 valence electrons. The number of hydrogen-bond donors (Lipinski definition) is 1. The van der Waals surface area contributed by atoms with Gasteiger partial charge in [-0.3, -0.25) is 9.69 Å².